The van der Waals surface area contributed by atoms with Crippen LogP contribution in [0.25, 0.3) is 0 Å². The molecule has 0 bridgehead atoms. The zero-order valence-corrected chi connectivity index (χ0v) is 13.2. The molecule has 18 heavy (non-hydrogen) atoms. The van der Waals surface area contributed by atoms with Gasteiger partial charge in [0.25, 0.3) is 0 Å². The van der Waals surface area contributed by atoms with Crippen molar-refractivity contribution in [3.63, 3.8) is 0 Å². The van der Waals surface area contributed by atoms with Crippen LogP contribution in [0.4, 0.5) is 0 Å². The molecule has 1 rings (SSSR count). The van der Waals surface area contributed by atoms with Crippen LogP contribution in [0, 0.1) is 0 Å². The summed E-state index contributed by atoms with van der Waals surface area (Å²) in [6.07, 6.45) is 3.39. The summed E-state index contributed by atoms with van der Waals surface area (Å²) in [6.45, 7) is 10.8. The molecule has 1 aliphatic rings. The first-order valence-corrected chi connectivity index (χ1v) is 9.68. The third-order valence-corrected chi connectivity index (χ3v) is 5.83. The van der Waals surface area contributed by atoms with Gasteiger partial charge in [-0.3, -0.25) is 0 Å². The van der Waals surface area contributed by atoms with Gasteiger partial charge in [0.15, 0.2) is 6.29 Å². The van der Waals surface area contributed by atoms with Crippen molar-refractivity contribution in [2.24, 2.45) is 0 Å². The normalized spacial score (nSPS) is 23.3. The molecular weight excluding hydrogens is 248 g/mol. The summed E-state index contributed by atoms with van der Waals surface area (Å²) in [7, 11) is -1.98. The molecule has 1 fully saturated rings. The number of rotatable bonds is 11. The lowest BCUT2D eigenvalue weighted by Gasteiger charge is -2.26. The van der Waals surface area contributed by atoms with E-state index in [1.807, 2.05) is 6.92 Å². The minimum Gasteiger partial charge on any atom is -0.394 e. The molecule has 0 aromatic rings. The summed E-state index contributed by atoms with van der Waals surface area (Å²) in [6, 6.07) is 0.994. The number of hydrogen-bond donors (Lipinski definition) is 0. The summed E-state index contributed by atoms with van der Waals surface area (Å²) in [5, 5.41) is 0. The van der Waals surface area contributed by atoms with Crippen LogP contribution in [-0.2, 0) is 18.3 Å². The first kappa shape index (κ1) is 16.1. The van der Waals surface area contributed by atoms with E-state index in [0.29, 0.717) is 0 Å². The molecule has 0 aromatic carbocycles. The van der Waals surface area contributed by atoms with Gasteiger partial charge in [-0.05, 0) is 38.8 Å². The van der Waals surface area contributed by atoms with Crippen LogP contribution in [0.3, 0.4) is 0 Å². The average molecular weight is 276 g/mol. The zero-order valence-electron chi connectivity index (χ0n) is 12.2. The van der Waals surface area contributed by atoms with Crippen molar-refractivity contribution in [3.05, 3.63) is 0 Å². The monoisotopic (exact) mass is 276 g/mol. The van der Waals surface area contributed by atoms with E-state index >= 15 is 0 Å². The van der Waals surface area contributed by atoms with E-state index in [1.165, 1.54) is 0 Å². The highest BCUT2D eigenvalue weighted by molar-refractivity contribution is 6.66. The van der Waals surface area contributed by atoms with E-state index in [-0.39, 0.29) is 12.4 Å². The highest BCUT2D eigenvalue weighted by atomic mass is 28.4. The van der Waals surface area contributed by atoms with Gasteiger partial charge in [0, 0.05) is 19.8 Å². The summed E-state index contributed by atoms with van der Waals surface area (Å²) >= 11 is 0. The summed E-state index contributed by atoms with van der Waals surface area (Å²) in [4.78, 5) is 0. The fourth-order valence-electron chi connectivity index (χ4n) is 1.76. The standard InChI is InChI=1S/C13H28O4Si/c1-5-8-15-18(4,16-9-6-2)11-7-10-14-13-12(3)17-13/h12-13H,5-11H2,1-4H3. The molecule has 0 aliphatic carbocycles. The number of epoxide rings is 1. The predicted molar refractivity (Wildman–Crippen MR) is 73.8 cm³/mol. The summed E-state index contributed by atoms with van der Waals surface area (Å²) in [5.41, 5.74) is 0. The van der Waals surface area contributed by atoms with Gasteiger partial charge in [0.05, 0.1) is 0 Å². The third-order valence-electron chi connectivity index (χ3n) is 2.94. The van der Waals surface area contributed by atoms with E-state index in [9.17, 15) is 0 Å². The fraction of sp³-hybridized carbons (Fsp3) is 1.00. The van der Waals surface area contributed by atoms with E-state index in [0.717, 1.165) is 45.1 Å². The van der Waals surface area contributed by atoms with Crippen molar-refractivity contribution in [3.8, 4) is 0 Å². The molecule has 0 amide bonds. The lowest BCUT2D eigenvalue weighted by atomic mass is 10.5. The number of hydrogen-bond acceptors (Lipinski definition) is 4. The van der Waals surface area contributed by atoms with Gasteiger partial charge in [0.1, 0.15) is 6.10 Å². The quantitative estimate of drug-likeness (QED) is 0.330. The third kappa shape index (κ3) is 6.29. The van der Waals surface area contributed by atoms with Crippen molar-refractivity contribution in [1.82, 2.24) is 0 Å². The zero-order chi connectivity index (χ0) is 13.4. The molecule has 0 radical (unpaired) electrons. The topological polar surface area (TPSA) is 40.2 Å². The maximum Gasteiger partial charge on any atom is 0.335 e. The van der Waals surface area contributed by atoms with Gasteiger partial charge < -0.3 is 18.3 Å². The highest BCUT2D eigenvalue weighted by Crippen LogP contribution is 2.23. The molecule has 0 spiro atoms. The molecule has 1 heterocycles. The molecule has 1 saturated heterocycles. The Labute approximate surface area is 112 Å². The van der Waals surface area contributed by atoms with Crippen LogP contribution in [0.5, 0.6) is 0 Å². The molecule has 0 aromatic heterocycles. The van der Waals surface area contributed by atoms with Crippen molar-refractivity contribution in [2.75, 3.05) is 19.8 Å². The lowest BCUT2D eigenvalue weighted by Crippen LogP contribution is -2.39. The van der Waals surface area contributed by atoms with Crippen LogP contribution >= 0.6 is 0 Å². The second-order valence-corrected chi connectivity index (χ2v) is 8.36. The van der Waals surface area contributed by atoms with Gasteiger partial charge in [0.2, 0.25) is 0 Å². The number of ether oxygens (including phenoxy) is 2. The SMILES string of the molecule is CCCO[Si](C)(CCCOC1OC1C)OCCC. The van der Waals surface area contributed by atoms with Crippen LogP contribution in [0.15, 0.2) is 0 Å². The first-order valence-electron chi connectivity index (χ1n) is 7.16. The van der Waals surface area contributed by atoms with Crippen LogP contribution in [-0.4, -0.2) is 40.8 Å². The van der Waals surface area contributed by atoms with Crippen LogP contribution in [0.2, 0.25) is 12.6 Å². The smallest absolute Gasteiger partial charge is 0.335 e. The molecule has 1 aliphatic heterocycles. The predicted octanol–water partition coefficient (Wildman–Crippen LogP) is 3.06. The fourth-order valence-corrected chi connectivity index (χ4v) is 4.19. The van der Waals surface area contributed by atoms with Crippen molar-refractivity contribution < 1.29 is 18.3 Å². The van der Waals surface area contributed by atoms with Gasteiger partial charge >= 0.3 is 8.56 Å². The maximum absolute atomic E-state index is 5.95. The Balaban J connectivity index is 2.16. The van der Waals surface area contributed by atoms with Gasteiger partial charge in [-0.1, -0.05) is 13.8 Å². The summed E-state index contributed by atoms with van der Waals surface area (Å²) < 4.78 is 22.7. The lowest BCUT2D eigenvalue weighted by molar-refractivity contribution is 0.0490. The van der Waals surface area contributed by atoms with Crippen LogP contribution in [0.1, 0.15) is 40.0 Å². The Kier molecular flexibility index (Phi) is 7.40. The van der Waals surface area contributed by atoms with E-state index in [4.69, 9.17) is 18.3 Å². The van der Waals surface area contributed by atoms with Gasteiger partial charge in [-0.2, -0.15) is 0 Å². The van der Waals surface area contributed by atoms with E-state index in [2.05, 4.69) is 20.4 Å². The second kappa shape index (κ2) is 8.27. The minimum atomic E-state index is -1.98. The Morgan fingerprint density at radius 2 is 1.61 bits per heavy atom. The largest absolute Gasteiger partial charge is 0.394 e. The molecule has 0 saturated carbocycles. The van der Waals surface area contributed by atoms with Crippen LogP contribution < -0.4 is 0 Å². The Bertz CT molecular complexity index is 217. The van der Waals surface area contributed by atoms with E-state index in [1.54, 1.807) is 0 Å². The van der Waals surface area contributed by atoms with Gasteiger partial charge in [-0.25, -0.2) is 0 Å². The molecule has 108 valence electrons. The molecule has 5 heteroatoms. The first-order chi connectivity index (χ1) is 8.61. The summed E-state index contributed by atoms with van der Waals surface area (Å²) in [5.74, 6) is 0. The van der Waals surface area contributed by atoms with Crippen molar-refractivity contribution >= 4 is 8.56 Å². The maximum atomic E-state index is 5.95. The Morgan fingerprint density at radius 1 is 1.06 bits per heavy atom. The molecule has 4 nitrogen and oxygen atoms in total. The van der Waals surface area contributed by atoms with Gasteiger partial charge in [-0.15, -0.1) is 0 Å². The van der Waals surface area contributed by atoms with Crippen molar-refractivity contribution in [2.45, 2.75) is 65.0 Å². The Hall–Kier alpha value is 0.0569. The minimum absolute atomic E-state index is 0.0334. The molecular formula is C13H28O4Si. The highest BCUT2D eigenvalue weighted by Gasteiger charge is 2.36. The van der Waals surface area contributed by atoms with Crippen molar-refractivity contribution in [1.29, 1.82) is 0 Å². The second-order valence-electron chi connectivity index (χ2n) is 5.01. The van der Waals surface area contributed by atoms with E-state index < -0.39 is 8.56 Å². The molecule has 2 atom stereocenters. The molecule has 0 N–H and O–H groups in total. The Morgan fingerprint density at radius 3 is 2.06 bits per heavy atom. The average Bonchev–Trinajstić information content (AvgIpc) is 3.06. The molecule has 2 unspecified atom stereocenters.